The van der Waals surface area contributed by atoms with Gasteiger partial charge < -0.3 is 4.74 Å². The Morgan fingerprint density at radius 1 is 1.32 bits per heavy atom. The molecule has 0 aliphatic heterocycles. The first-order chi connectivity index (χ1) is 12.2. The number of hydrogen-bond acceptors (Lipinski definition) is 5. The molecule has 6 heteroatoms. The molecular formula is C19H19N3O2S. The van der Waals surface area contributed by atoms with Gasteiger partial charge in [-0.05, 0) is 55.9 Å². The molecule has 1 aliphatic carbocycles. The van der Waals surface area contributed by atoms with E-state index in [1.54, 1.807) is 24.7 Å². The van der Waals surface area contributed by atoms with Crippen molar-refractivity contribution in [2.45, 2.75) is 32.6 Å². The van der Waals surface area contributed by atoms with E-state index in [2.05, 4.69) is 10.1 Å². The third-order valence-electron chi connectivity index (χ3n) is 4.54. The van der Waals surface area contributed by atoms with Crippen LogP contribution >= 0.6 is 11.3 Å². The van der Waals surface area contributed by atoms with Gasteiger partial charge in [0.1, 0.15) is 16.4 Å². The second-order valence-corrected chi connectivity index (χ2v) is 7.27. The van der Waals surface area contributed by atoms with Gasteiger partial charge in [-0.25, -0.2) is 4.98 Å². The van der Waals surface area contributed by atoms with Crippen molar-refractivity contribution >= 4 is 27.8 Å². The van der Waals surface area contributed by atoms with E-state index < -0.39 is 0 Å². The molecule has 1 aromatic carbocycles. The molecule has 1 aliphatic rings. The molecule has 2 aromatic heterocycles. The van der Waals surface area contributed by atoms with E-state index in [4.69, 9.17) is 4.74 Å². The fourth-order valence-electron chi connectivity index (χ4n) is 3.28. The fraction of sp³-hybridized carbons (Fsp3) is 0.316. The van der Waals surface area contributed by atoms with Crippen molar-refractivity contribution in [2.24, 2.45) is 5.10 Å². The Morgan fingerprint density at radius 2 is 2.16 bits per heavy atom. The van der Waals surface area contributed by atoms with Crippen LogP contribution in [0.5, 0.6) is 5.75 Å². The van der Waals surface area contributed by atoms with Crippen LogP contribution in [0.4, 0.5) is 0 Å². The lowest BCUT2D eigenvalue weighted by molar-refractivity contribution is 0.414. The summed E-state index contributed by atoms with van der Waals surface area (Å²) in [6.07, 6.45) is 6.03. The molecular weight excluding hydrogens is 334 g/mol. The van der Waals surface area contributed by atoms with Crippen LogP contribution in [-0.4, -0.2) is 23.0 Å². The molecule has 0 saturated heterocycles. The molecule has 0 atom stereocenters. The van der Waals surface area contributed by atoms with Crippen molar-refractivity contribution in [3.8, 4) is 5.75 Å². The largest absolute Gasteiger partial charge is 0.497 e. The Balaban J connectivity index is 1.81. The number of aryl methyl sites for hydroxylation is 3. The van der Waals surface area contributed by atoms with Gasteiger partial charge in [-0.2, -0.15) is 9.78 Å². The zero-order valence-electron chi connectivity index (χ0n) is 14.3. The van der Waals surface area contributed by atoms with Gasteiger partial charge in [0.25, 0.3) is 5.56 Å². The zero-order chi connectivity index (χ0) is 17.4. The number of methoxy groups -OCH3 is 1. The van der Waals surface area contributed by atoms with Crippen molar-refractivity contribution in [1.29, 1.82) is 0 Å². The summed E-state index contributed by atoms with van der Waals surface area (Å²) in [4.78, 5) is 19.8. The molecule has 0 radical (unpaired) electrons. The maximum atomic E-state index is 13.0. The van der Waals surface area contributed by atoms with Gasteiger partial charge in [0.05, 0.1) is 18.7 Å². The van der Waals surface area contributed by atoms with E-state index in [1.807, 2.05) is 31.2 Å². The minimum absolute atomic E-state index is 0.0685. The van der Waals surface area contributed by atoms with Gasteiger partial charge in [-0.3, -0.25) is 4.79 Å². The Morgan fingerprint density at radius 3 is 3.00 bits per heavy atom. The predicted octanol–water partition coefficient (Wildman–Crippen LogP) is 3.54. The summed E-state index contributed by atoms with van der Waals surface area (Å²) < 4.78 is 6.63. The Hall–Kier alpha value is -2.47. The van der Waals surface area contributed by atoms with Gasteiger partial charge in [-0.1, -0.05) is 12.1 Å². The predicted molar refractivity (Wildman–Crippen MR) is 101 cm³/mol. The summed E-state index contributed by atoms with van der Waals surface area (Å²) in [5.41, 5.74) is 1.99. The van der Waals surface area contributed by atoms with E-state index >= 15 is 0 Å². The average molecular weight is 353 g/mol. The van der Waals surface area contributed by atoms with Crippen molar-refractivity contribution in [1.82, 2.24) is 9.66 Å². The third kappa shape index (κ3) is 2.87. The van der Waals surface area contributed by atoms with Crippen LogP contribution in [0.3, 0.4) is 0 Å². The number of hydrogen-bond donors (Lipinski definition) is 0. The van der Waals surface area contributed by atoms with Crippen molar-refractivity contribution in [2.75, 3.05) is 7.11 Å². The second-order valence-electron chi connectivity index (χ2n) is 6.19. The minimum atomic E-state index is -0.0685. The van der Waals surface area contributed by atoms with E-state index in [1.165, 1.54) is 21.5 Å². The van der Waals surface area contributed by atoms with Gasteiger partial charge in [-0.15, -0.1) is 11.3 Å². The quantitative estimate of drug-likeness (QED) is 0.677. The SMILES string of the molecule is COc1cccc(/C=N\n2c(C)nc3sc4c(c3c2=O)CCCC4)c1. The summed E-state index contributed by atoms with van der Waals surface area (Å²) in [6.45, 7) is 1.82. The topological polar surface area (TPSA) is 56.5 Å². The highest BCUT2D eigenvalue weighted by atomic mass is 32.1. The highest BCUT2D eigenvalue weighted by molar-refractivity contribution is 7.18. The van der Waals surface area contributed by atoms with Crippen LogP contribution in [0.15, 0.2) is 34.2 Å². The van der Waals surface area contributed by atoms with Crippen LogP contribution in [-0.2, 0) is 12.8 Å². The number of benzene rings is 1. The number of fused-ring (bicyclic) bond motifs is 3. The standard InChI is InChI=1S/C19H19N3O2S/c1-12-21-18-17(15-8-3-4-9-16(15)25-18)19(23)22(12)20-11-13-6-5-7-14(10-13)24-2/h5-7,10-11H,3-4,8-9H2,1-2H3/b20-11-. The number of nitrogens with zero attached hydrogens (tertiary/aromatic N) is 3. The van der Waals surface area contributed by atoms with Crippen molar-refractivity contribution in [3.05, 3.63) is 56.4 Å². The molecule has 0 bridgehead atoms. The van der Waals surface area contributed by atoms with Crippen LogP contribution in [0, 0.1) is 6.92 Å². The molecule has 25 heavy (non-hydrogen) atoms. The lowest BCUT2D eigenvalue weighted by Crippen LogP contribution is -2.21. The molecule has 0 N–H and O–H groups in total. The van der Waals surface area contributed by atoms with Crippen molar-refractivity contribution in [3.63, 3.8) is 0 Å². The number of aromatic nitrogens is 2. The van der Waals surface area contributed by atoms with Crippen LogP contribution in [0.25, 0.3) is 10.2 Å². The lowest BCUT2D eigenvalue weighted by Gasteiger charge is -2.10. The molecule has 0 saturated carbocycles. The number of rotatable bonds is 3. The normalized spacial score (nSPS) is 14.2. The maximum absolute atomic E-state index is 13.0. The van der Waals surface area contributed by atoms with Gasteiger partial charge in [0.2, 0.25) is 0 Å². The van der Waals surface area contributed by atoms with Gasteiger partial charge >= 0.3 is 0 Å². The molecule has 0 spiro atoms. The van der Waals surface area contributed by atoms with E-state index in [0.717, 1.165) is 40.8 Å². The molecule has 2 heterocycles. The van der Waals surface area contributed by atoms with E-state index in [9.17, 15) is 4.79 Å². The first kappa shape index (κ1) is 16.0. The minimum Gasteiger partial charge on any atom is -0.497 e. The summed E-state index contributed by atoms with van der Waals surface area (Å²) >= 11 is 1.66. The maximum Gasteiger partial charge on any atom is 0.283 e. The zero-order valence-corrected chi connectivity index (χ0v) is 15.1. The first-order valence-electron chi connectivity index (χ1n) is 8.39. The van der Waals surface area contributed by atoms with Crippen molar-refractivity contribution < 1.29 is 4.74 Å². The highest BCUT2D eigenvalue weighted by Gasteiger charge is 2.20. The first-order valence-corrected chi connectivity index (χ1v) is 9.21. The molecule has 4 rings (SSSR count). The summed E-state index contributed by atoms with van der Waals surface area (Å²) in [7, 11) is 1.63. The molecule has 0 fully saturated rings. The Labute approximate surface area is 149 Å². The monoisotopic (exact) mass is 353 g/mol. The van der Waals surface area contributed by atoms with Crippen LogP contribution in [0.2, 0.25) is 0 Å². The molecule has 0 amide bonds. The Kier molecular flexibility index (Phi) is 4.13. The van der Waals surface area contributed by atoms with Gasteiger partial charge in [0, 0.05) is 4.88 Å². The fourth-order valence-corrected chi connectivity index (χ4v) is 4.58. The second kappa shape index (κ2) is 6.44. The number of thiophene rings is 1. The molecule has 3 aromatic rings. The average Bonchev–Trinajstić information content (AvgIpc) is 2.99. The van der Waals surface area contributed by atoms with E-state index in [0.29, 0.717) is 5.82 Å². The summed E-state index contributed by atoms with van der Waals surface area (Å²) in [5.74, 6) is 1.36. The Bertz CT molecular complexity index is 1030. The third-order valence-corrected chi connectivity index (χ3v) is 5.73. The molecule has 0 unspecified atom stereocenters. The summed E-state index contributed by atoms with van der Waals surface area (Å²) in [6, 6.07) is 7.57. The smallest absolute Gasteiger partial charge is 0.283 e. The molecule has 128 valence electrons. The van der Waals surface area contributed by atoms with Gasteiger partial charge in [0.15, 0.2) is 0 Å². The lowest BCUT2D eigenvalue weighted by atomic mass is 9.97. The van der Waals surface area contributed by atoms with Crippen LogP contribution in [0.1, 0.15) is 34.7 Å². The van der Waals surface area contributed by atoms with E-state index in [-0.39, 0.29) is 5.56 Å². The summed E-state index contributed by atoms with van der Waals surface area (Å²) in [5, 5.41) is 5.15. The number of ether oxygens (including phenoxy) is 1. The van der Waals surface area contributed by atoms with Crippen LogP contribution < -0.4 is 10.3 Å². The highest BCUT2D eigenvalue weighted by Crippen LogP contribution is 2.33. The molecule has 5 nitrogen and oxygen atoms in total.